The molecule has 4 heterocycles. The first-order chi connectivity index (χ1) is 17.6. The molecule has 0 saturated carbocycles. The molecular weight excluding hydrogens is 458 g/mol. The number of rotatable bonds is 9. The highest BCUT2D eigenvalue weighted by Crippen LogP contribution is 2.33. The van der Waals surface area contributed by atoms with Crippen molar-refractivity contribution < 1.29 is 0 Å². The van der Waals surface area contributed by atoms with Gasteiger partial charge in [-0.3, -0.25) is 4.57 Å². The maximum absolute atomic E-state index is 13.8. The van der Waals surface area contributed by atoms with Gasteiger partial charge < -0.3 is 5.32 Å². The second-order valence-corrected chi connectivity index (χ2v) is 8.98. The Labute approximate surface area is 207 Å². The van der Waals surface area contributed by atoms with E-state index < -0.39 is 5.41 Å². The quantitative estimate of drug-likeness (QED) is 0.367. The van der Waals surface area contributed by atoms with Crippen molar-refractivity contribution in [3.05, 3.63) is 76.8 Å². The fourth-order valence-electron chi connectivity index (χ4n) is 4.49. The molecule has 1 unspecified atom stereocenters. The van der Waals surface area contributed by atoms with Crippen molar-refractivity contribution in [1.29, 1.82) is 0 Å². The Bertz CT molecular complexity index is 1430. The lowest BCUT2D eigenvalue weighted by Crippen LogP contribution is -2.36. The highest BCUT2D eigenvalue weighted by atomic mass is 16.2. The Morgan fingerprint density at radius 3 is 2.69 bits per heavy atom. The van der Waals surface area contributed by atoms with E-state index in [0.29, 0.717) is 18.3 Å². The normalized spacial score (nSPS) is 15.2. The molecule has 1 aromatic carbocycles. The first-order valence-corrected chi connectivity index (χ1v) is 12.1. The number of aromatic nitrogens is 10. The largest absolute Gasteiger partial charge is 0.368 e. The number of tetrazole rings is 2. The Kier molecular flexibility index (Phi) is 6.32. The number of H-pyrrole nitrogens is 1. The number of aromatic amines is 1. The number of hydrogen-bond acceptors (Lipinski definition) is 8. The van der Waals surface area contributed by atoms with E-state index in [2.05, 4.69) is 73.5 Å². The first-order valence-electron chi connectivity index (χ1n) is 12.1. The molecule has 3 aromatic heterocycles. The van der Waals surface area contributed by atoms with Crippen LogP contribution < -0.4 is 11.0 Å². The lowest BCUT2D eigenvalue weighted by Gasteiger charge is -2.31. The number of aryl methyl sites for hydroxylation is 1. The molecule has 0 spiro atoms. The molecule has 36 heavy (non-hydrogen) atoms. The topological polar surface area (TPSA) is 137 Å². The van der Waals surface area contributed by atoms with Gasteiger partial charge in [-0.05, 0) is 59.4 Å². The molecule has 2 N–H and O–H groups in total. The number of benzene rings is 1. The van der Waals surface area contributed by atoms with Crippen LogP contribution in [-0.4, -0.2) is 50.0 Å². The fourth-order valence-corrected chi connectivity index (χ4v) is 4.49. The smallest absolute Gasteiger partial charge is 0.335 e. The van der Waals surface area contributed by atoms with E-state index in [1.807, 2.05) is 48.3 Å². The molecule has 1 aliphatic rings. The fraction of sp³-hybridized carbons (Fsp3) is 0.375. The van der Waals surface area contributed by atoms with Crippen LogP contribution >= 0.6 is 0 Å². The van der Waals surface area contributed by atoms with Crippen molar-refractivity contribution >= 4 is 0 Å². The molecule has 1 aliphatic heterocycles. The summed E-state index contributed by atoms with van der Waals surface area (Å²) in [4.78, 5) is 13.8. The van der Waals surface area contributed by atoms with Gasteiger partial charge in [0.15, 0.2) is 0 Å². The molecule has 12 nitrogen and oxygen atoms in total. The van der Waals surface area contributed by atoms with Crippen molar-refractivity contribution in [2.45, 2.75) is 58.0 Å². The number of dihydropyridines is 1. The van der Waals surface area contributed by atoms with Crippen LogP contribution in [0.5, 0.6) is 0 Å². The summed E-state index contributed by atoms with van der Waals surface area (Å²) in [5.74, 6) is 0.941. The minimum Gasteiger partial charge on any atom is -0.368 e. The number of imidazole rings is 1. The zero-order valence-corrected chi connectivity index (χ0v) is 20.5. The van der Waals surface area contributed by atoms with Crippen molar-refractivity contribution in [2.75, 3.05) is 0 Å². The molecule has 0 fully saturated rings. The Morgan fingerprint density at radius 1 is 1.14 bits per heavy atom. The van der Waals surface area contributed by atoms with Crippen LogP contribution in [0.2, 0.25) is 0 Å². The van der Waals surface area contributed by atoms with Crippen LogP contribution in [-0.2, 0) is 18.4 Å². The van der Waals surface area contributed by atoms with E-state index in [0.717, 1.165) is 36.1 Å². The summed E-state index contributed by atoms with van der Waals surface area (Å²) in [6.45, 7) is 6.60. The van der Waals surface area contributed by atoms with Gasteiger partial charge in [-0.15, -0.1) is 10.2 Å². The van der Waals surface area contributed by atoms with Crippen molar-refractivity contribution in [3.8, 4) is 17.3 Å². The Morgan fingerprint density at radius 2 is 1.97 bits per heavy atom. The number of nitrogens with zero attached hydrogens (tertiary/aromatic N) is 9. The van der Waals surface area contributed by atoms with Crippen LogP contribution in [0.4, 0.5) is 0 Å². The van der Waals surface area contributed by atoms with Gasteiger partial charge in [0, 0.05) is 24.0 Å². The summed E-state index contributed by atoms with van der Waals surface area (Å²) < 4.78 is 5.10. The van der Waals surface area contributed by atoms with Crippen molar-refractivity contribution in [2.24, 2.45) is 0 Å². The van der Waals surface area contributed by atoms with E-state index in [4.69, 9.17) is 0 Å². The van der Waals surface area contributed by atoms with Gasteiger partial charge in [0.25, 0.3) is 5.95 Å². The van der Waals surface area contributed by atoms with Crippen LogP contribution in [0.3, 0.4) is 0 Å². The summed E-state index contributed by atoms with van der Waals surface area (Å²) in [6, 6.07) is 8.06. The van der Waals surface area contributed by atoms with Crippen molar-refractivity contribution in [1.82, 2.24) is 55.3 Å². The van der Waals surface area contributed by atoms with Crippen LogP contribution in [0.15, 0.2) is 59.8 Å². The maximum Gasteiger partial charge on any atom is 0.335 e. The zero-order valence-electron chi connectivity index (χ0n) is 20.5. The molecule has 186 valence electrons. The summed E-state index contributed by atoms with van der Waals surface area (Å²) in [6.07, 6.45) is 12.3. The summed E-state index contributed by atoms with van der Waals surface area (Å²) in [5.41, 5.74) is 2.02. The SMILES string of the molecule is CCCc1cn(-c2nnnn2C(C)CC)c(=O)n1CC1(c2cccc(-c3nn[nH]n3)c2)C=CNC=C1. The van der Waals surface area contributed by atoms with E-state index in [1.165, 1.54) is 0 Å². The Balaban J connectivity index is 1.61. The number of nitrogens with one attached hydrogen (secondary N) is 2. The average Bonchev–Trinajstić information content (AvgIpc) is 3.67. The zero-order chi connectivity index (χ0) is 25.1. The molecule has 0 saturated heterocycles. The second kappa shape index (κ2) is 9.72. The summed E-state index contributed by atoms with van der Waals surface area (Å²) in [5, 5.41) is 29.7. The highest BCUT2D eigenvalue weighted by molar-refractivity contribution is 5.57. The van der Waals surface area contributed by atoms with Gasteiger partial charge in [0.1, 0.15) is 0 Å². The van der Waals surface area contributed by atoms with E-state index in [-0.39, 0.29) is 11.7 Å². The molecule has 12 heteroatoms. The van der Waals surface area contributed by atoms with Crippen LogP contribution in [0, 0.1) is 0 Å². The molecule has 0 amide bonds. The molecular formula is C24H29N11O. The van der Waals surface area contributed by atoms with Gasteiger partial charge >= 0.3 is 5.69 Å². The second-order valence-electron chi connectivity index (χ2n) is 8.98. The lowest BCUT2D eigenvalue weighted by molar-refractivity contribution is 0.453. The summed E-state index contributed by atoms with van der Waals surface area (Å²) in [7, 11) is 0. The summed E-state index contributed by atoms with van der Waals surface area (Å²) >= 11 is 0. The molecule has 0 radical (unpaired) electrons. The molecule has 1 atom stereocenters. The molecule has 5 rings (SSSR count). The van der Waals surface area contributed by atoms with Crippen molar-refractivity contribution in [3.63, 3.8) is 0 Å². The van der Waals surface area contributed by atoms with Gasteiger partial charge in [-0.25, -0.2) is 14.0 Å². The van der Waals surface area contributed by atoms with E-state index >= 15 is 0 Å². The van der Waals surface area contributed by atoms with Gasteiger partial charge in [-0.2, -0.15) is 5.21 Å². The molecule has 0 bridgehead atoms. The third kappa shape index (κ3) is 4.14. The van der Waals surface area contributed by atoms with Gasteiger partial charge in [0.2, 0.25) is 5.82 Å². The monoisotopic (exact) mass is 487 g/mol. The van der Waals surface area contributed by atoms with E-state index in [9.17, 15) is 4.79 Å². The molecule has 4 aromatic rings. The minimum absolute atomic E-state index is 0.0642. The van der Waals surface area contributed by atoms with Gasteiger partial charge in [0.05, 0.1) is 11.5 Å². The van der Waals surface area contributed by atoms with Crippen LogP contribution in [0.1, 0.15) is 50.9 Å². The Hall–Kier alpha value is -4.35. The maximum atomic E-state index is 13.8. The first kappa shape index (κ1) is 23.4. The highest BCUT2D eigenvalue weighted by Gasteiger charge is 2.32. The van der Waals surface area contributed by atoms with Crippen LogP contribution in [0.25, 0.3) is 17.3 Å². The predicted octanol–water partition coefficient (Wildman–Crippen LogP) is 2.30. The lowest BCUT2D eigenvalue weighted by atomic mass is 9.78. The average molecular weight is 488 g/mol. The minimum atomic E-state index is -0.577. The third-order valence-corrected chi connectivity index (χ3v) is 6.64. The van der Waals surface area contributed by atoms with E-state index in [1.54, 1.807) is 9.25 Å². The molecule has 0 aliphatic carbocycles. The number of allylic oxidation sites excluding steroid dienone is 2. The predicted molar refractivity (Wildman–Crippen MR) is 133 cm³/mol. The van der Waals surface area contributed by atoms with Gasteiger partial charge in [-0.1, -0.05) is 55.7 Å². The standard InChI is InChI=1S/C24H29N11O/c1-4-7-20-15-33(22-28-31-32-35(22)17(3)5-2)23(36)34(20)16-24(10-12-25-13-11-24)19-9-6-8-18(14-19)21-26-29-30-27-21/h6,8-15,17,25H,4-5,7,16H2,1-3H3,(H,26,27,29,30). The number of hydrogen-bond donors (Lipinski definition) is 2. The third-order valence-electron chi connectivity index (χ3n) is 6.64.